The number of carbonyl (C=O) groups excluding carboxylic acids is 1. The monoisotopic (exact) mass is 214 g/mol. The Hall–Kier alpha value is -1.82. The second-order valence-electron chi connectivity index (χ2n) is 4.07. The maximum atomic E-state index is 11.3. The fourth-order valence-electron chi connectivity index (χ4n) is 2.10. The van der Waals surface area contributed by atoms with Gasteiger partial charge in [0.25, 0.3) is 0 Å². The van der Waals surface area contributed by atoms with Gasteiger partial charge in [-0.15, -0.1) is 0 Å². The number of carbonyl (C=O) groups is 1. The Bertz CT molecular complexity index is 459. The van der Waals surface area contributed by atoms with Crippen LogP contribution in [0.1, 0.15) is 18.1 Å². The molecule has 1 aliphatic heterocycles. The van der Waals surface area contributed by atoms with Crippen LogP contribution in [0.2, 0.25) is 0 Å². The quantitative estimate of drug-likeness (QED) is 0.607. The summed E-state index contributed by atoms with van der Waals surface area (Å²) in [6.07, 6.45) is 1.76. The van der Waals surface area contributed by atoms with E-state index in [4.69, 9.17) is 6.57 Å². The van der Waals surface area contributed by atoms with Gasteiger partial charge in [0.05, 0.1) is 6.57 Å². The van der Waals surface area contributed by atoms with Gasteiger partial charge >= 0.3 is 0 Å². The molecule has 1 amide bonds. The molecule has 0 spiro atoms. The number of amides is 1. The van der Waals surface area contributed by atoms with Crippen molar-refractivity contribution in [3.63, 3.8) is 0 Å². The lowest BCUT2D eigenvalue weighted by Crippen LogP contribution is -2.30. The van der Waals surface area contributed by atoms with Crippen LogP contribution in [-0.2, 0) is 17.6 Å². The van der Waals surface area contributed by atoms with E-state index < -0.39 is 0 Å². The molecule has 0 aliphatic carbocycles. The molecule has 82 valence electrons. The van der Waals surface area contributed by atoms with E-state index in [1.165, 1.54) is 11.1 Å². The minimum Gasteiger partial charge on any atom is -0.342 e. The predicted octanol–water partition coefficient (Wildman–Crippen LogP) is 2.18. The Morgan fingerprint density at radius 1 is 1.31 bits per heavy atom. The van der Waals surface area contributed by atoms with Crippen LogP contribution < -0.4 is 0 Å². The summed E-state index contributed by atoms with van der Waals surface area (Å²) < 4.78 is 0. The van der Waals surface area contributed by atoms with E-state index in [0.717, 1.165) is 25.9 Å². The van der Waals surface area contributed by atoms with Crippen molar-refractivity contribution in [1.82, 2.24) is 4.90 Å². The number of hydrogen-bond acceptors (Lipinski definition) is 1. The van der Waals surface area contributed by atoms with Crippen molar-refractivity contribution in [2.45, 2.75) is 19.8 Å². The van der Waals surface area contributed by atoms with E-state index in [1.54, 1.807) is 6.92 Å². The topological polar surface area (TPSA) is 24.7 Å². The normalized spacial score (nSPS) is 14.9. The van der Waals surface area contributed by atoms with Gasteiger partial charge in [-0.1, -0.05) is 23.8 Å². The Kier molecular flexibility index (Phi) is 2.91. The largest absolute Gasteiger partial charge is 0.342 e. The maximum absolute atomic E-state index is 11.3. The lowest BCUT2D eigenvalue weighted by molar-refractivity contribution is -0.128. The molecule has 0 aromatic heterocycles. The van der Waals surface area contributed by atoms with Crippen molar-refractivity contribution in [3.8, 4) is 0 Å². The molecule has 0 fully saturated rings. The first-order valence-corrected chi connectivity index (χ1v) is 5.45. The van der Waals surface area contributed by atoms with E-state index in [0.29, 0.717) is 5.69 Å². The Morgan fingerprint density at radius 3 is 2.62 bits per heavy atom. The predicted molar refractivity (Wildman–Crippen MR) is 62.4 cm³/mol. The lowest BCUT2D eigenvalue weighted by atomic mass is 10.0. The van der Waals surface area contributed by atoms with E-state index in [2.05, 4.69) is 4.85 Å². The lowest BCUT2D eigenvalue weighted by Gasteiger charge is -2.17. The van der Waals surface area contributed by atoms with Crippen LogP contribution in [0.25, 0.3) is 4.85 Å². The van der Waals surface area contributed by atoms with Gasteiger partial charge in [-0.2, -0.15) is 0 Å². The Morgan fingerprint density at radius 2 is 2.00 bits per heavy atom. The first kappa shape index (κ1) is 10.7. The first-order valence-electron chi connectivity index (χ1n) is 5.45. The van der Waals surface area contributed by atoms with Crippen LogP contribution in [0.5, 0.6) is 0 Å². The molecule has 0 saturated carbocycles. The number of nitrogens with zero attached hydrogens (tertiary/aromatic N) is 2. The number of rotatable bonds is 0. The molecule has 1 heterocycles. The molecular formula is C13H14N2O. The van der Waals surface area contributed by atoms with Crippen LogP contribution in [-0.4, -0.2) is 23.9 Å². The van der Waals surface area contributed by atoms with E-state index in [9.17, 15) is 4.79 Å². The summed E-state index contributed by atoms with van der Waals surface area (Å²) in [5.41, 5.74) is 3.18. The molecule has 2 rings (SSSR count). The van der Waals surface area contributed by atoms with E-state index in [1.807, 2.05) is 23.1 Å². The molecule has 0 saturated heterocycles. The second kappa shape index (κ2) is 4.36. The van der Waals surface area contributed by atoms with Crippen molar-refractivity contribution < 1.29 is 4.79 Å². The Labute approximate surface area is 95.5 Å². The summed E-state index contributed by atoms with van der Waals surface area (Å²) in [5, 5.41) is 0. The molecule has 1 aromatic carbocycles. The van der Waals surface area contributed by atoms with Crippen LogP contribution in [0.3, 0.4) is 0 Å². The van der Waals surface area contributed by atoms with Gasteiger partial charge in [0.1, 0.15) is 0 Å². The number of hydrogen-bond donors (Lipinski definition) is 0. The van der Waals surface area contributed by atoms with Crippen LogP contribution in [0.15, 0.2) is 18.2 Å². The van der Waals surface area contributed by atoms with Crippen LogP contribution in [0, 0.1) is 6.57 Å². The molecule has 0 N–H and O–H groups in total. The molecule has 0 radical (unpaired) electrons. The third-order valence-electron chi connectivity index (χ3n) is 3.07. The van der Waals surface area contributed by atoms with Gasteiger partial charge in [0, 0.05) is 20.0 Å². The maximum Gasteiger partial charge on any atom is 0.219 e. The van der Waals surface area contributed by atoms with Gasteiger partial charge < -0.3 is 4.90 Å². The van der Waals surface area contributed by atoms with Crippen molar-refractivity contribution in [1.29, 1.82) is 0 Å². The number of fused-ring (bicyclic) bond motifs is 1. The highest BCUT2D eigenvalue weighted by atomic mass is 16.2. The van der Waals surface area contributed by atoms with Crippen molar-refractivity contribution in [2.75, 3.05) is 13.1 Å². The minimum atomic E-state index is 0.137. The summed E-state index contributed by atoms with van der Waals surface area (Å²) in [5.74, 6) is 0.137. The highest BCUT2D eigenvalue weighted by Crippen LogP contribution is 2.22. The smallest absolute Gasteiger partial charge is 0.219 e. The van der Waals surface area contributed by atoms with Crippen molar-refractivity contribution in [3.05, 3.63) is 40.7 Å². The first-order chi connectivity index (χ1) is 7.70. The zero-order valence-electron chi connectivity index (χ0n) is 9.36. The average Bonchev–Trinajstić information content (AvgIpc) is 2.50. The minimum absolute atomic E-state index is 0.137. The zero-order chi connectivity index (χ0) is 11.5. The average molecular weight is 214 g/mol. The molecule has 16 heavy (non-hydrogen) atoms. The zero-order valence-corrected chi connectivity index (χ0v) is 9.36. The van der Waals surface area contributed by atoms with Gasteiger partial charge in [-0.3, -0.25) is 4.79 Å². The highest BCUT2D eigenvalue weighted by Gasteiger charge is 2.15. The fourth-order valence-corrected chi connectivity index (χ4v) is 2.10. The van der Waals surface area contributed by atoms with E-state index >= 15 is 0 Å². The molecule has 3 heteroatoms. The van der Waals surface area contributed by atoms with E-state index in [-0.39, 0.29) is 5.91 Å². The third-order valence-corrected chi connectivity index (χ3v) is 3.07. The summed E-state index contributed by atoms with van der Waals surface area (Å²) in [6, 6.07) is 5.83. The van der Waals surface area contributed by atoms with Gasteiger partial charge in [0.2, 0.25) is 5.91 Å². The second-order valence-corrected chi connectivity index (χ2v) is 4.07. The molecule has 3 nitrogen and oxygen atoms in total. The molecule has 0 unspecified atom stereocenters. The van der Waals surface area contributed by atoms with Crippen molar-refractivity contribution in [2.24, 2.45) is 0 Å². The Balaban J connectivity index is 2.24. The fraction of sp³-hybridized carbons (Fsp3) is 0.385. The summed E-state index contributed by atoms with van der Waals surface area (Å²) in [7, 11) is 0. The SMILES string of the molecule is [C-]#[N+]c1ccc2c(c1)CCN(C(C)=O)CC2. The van der Waals surface area contributed by atoms with Gasteiger partial charge in [-0.05, 0) is 18.4 Å². The summed E-state index contributed by atoms with van der Waals surface area (Å²) >= 11 is 0. The standard InChI is InChI=1S/C13H14N2O/c1-10(16)15-7-5-11-3-4-13(14-2)9-12(11)6-8-15/h3-4,9H,5-8H2,1H3. The molecule has 1 aromatic rings. The number of benzene rings is 1. The van der Waals surface area contributed by atoms with Crippen molar-refractivity contribution >= 4 is 11.6 Å². The molecular weight excluding hydrogens is 200 g/mol. The van der Waals surface area contributed by atoms with Gasteiger partial charge in [0.15, 0.2) is 5.69 Å². The highest BCUT2D eigenvalue weighted by molar-refractivity contribution is 5.73. The molecule has 1 aliphatic rings. The molecule has 0 bridgehead atoms. The van der Waals surface area contributed by atoms with Crippen LogP contribution >= 0.6 is 0 Å². The van der Waals surface area contributed by atoms with Gasteiger partial charge in [-0.25, -0.2) is 4.85 Å². The third kappa shape index (κ3) is 2.06. The molecule has 0 atom stereocenters. The van der Waals surface area contributed by atoms with Crippen LogP contribution in [0.4, 0.5) is 5.69 Å². The summed E-state index contributed by atoms with van der Waals surface area (Å²) in [4.78, 5) is 16.6. The summed E-state index contributed by atoms with van der Waals surface area (Å²) in [6.45, 7) is 10.2.